The van der Waals surface area contributed by atoms with E-state index in [4.69, 9.17) is 9.72 Å². The summed E-state index contributed by atoms with van der Waals surface area (Å²) in [5.74, 6) is 0.978. The molecule has 2 aromatic carbocycles. The first-order valence-corrected chi connectivity index (χ1v) is 10.5. The fraction of sp³-hybridized carbons (Fsp3) is 0.333. The number of fused-ring (bicyclic) bond motifs is 3. The summed E-state index contributed by atoms with van der Waals surface area (Å²) in [7, 11) is 1.77. The topological polar surface area (TPSA) is 35.0 Å². The molecule has 30 heavy (non-hydrogen) atoms. The van der Waals surface area contributed by atoms with Crippen molar-refractivity contribution < 1.29 is 4.74 Å². The van der Waals surface area contributed by atoms with E-state index < -0.39 is 0 Å². The van der Waals surface area contributed by atoms with Crippen LogP contribution in [0.15, 0.2) is 54.7 Å². The molecule has 4 aromatic rings. The third kappa shape index (κ3) is 3.54. The van der Waals surface area contributed by atoms with Gasteiger partial charge < -0.3 is 4.74 Å². The first-order chi connectivity index (χ1) is 14.1. The molecule has 0 unspecified atom stereocenters. The predicted molar refractivity (Wildman–Crippen MR) is 126 cm³/mol. The van der Waals surface area contributed by atoms with Crippen molar-refractivity contribution in [2.24, 2.45) is 0 Å². The maximum Gasteiger partial charge on any atom is 0.126 e. The average Bonchev–Trinajstić information content (AvgIpc) is 2.71. The molecule has 0 N–H and O–H groups in total. The van der Waals surface area contributed by atoms with Crippen LogP contribution in [0.3, 0.4) is 0 Å². The third-order valence-electron chi connectivity index (χ3n) is 5.64. The lowest BCUT2D eigenvalue weighted by Crippen LogP contribution is -2.19. The molecule has 0 aliphatic carbocycles. The van der Waals surface area contributed by atoms with Gasteiger partial charge >= 0.3 is 0 Å². The van der Waals surface area contributed by atoms with Crippen LogP contribution in [0.2, 0.25) is 0 Å². The quantitative estimate of drug-likeness (QED) is 0.339. The van der Waals surface area contributed by atoms with E-state index in [0.717, 1.165) is 38.8 Å². The van der Waals surface area contributed by atoms with Gasteiger partial charge in [0.05, 0.1) is 23.8 Å². The van der Waals surface area contributed by atoms with E-state index in [1.807, 2.05) is 12.3 Å². The molecule has 2 aromatic heterocycles. The fourth-order valence-corrected chi connectivity index (χ4v) is 4.00. The number of methoxy groups -OCH3 is 1. The van der Waals surface area contributed by atoms with Crippen molar-refractivity contribution >= 4 is 21.8 Å². The Morgan fingerprint density at radius 3 is 1.87 bits per heavy atom. The zero-order valence-electron chi connectivity index (χ0n) is 19.0. The highest BCUT2D eigenvalue weighted by Gasteiger charge is 2.28. The Kier molecular flexibility index (Phi) is 4.80. The van der Waals surface area contributed by atoms with Crippen LogP contribution in [-0.2, 0) is 10.8 Å². The van der Waals surface area contributed by atoms with Gasteiger partial charge in [0, 0.05) is 33.7 Å². The Hall–Kier alpha value is -2.94. The largest absolute Gasteiger partial charge is 0.496 e. The fourth-order valence-electron chi connectivity index (χ4n) is 4.00. The minimum atomic E-state index is -0.0492. The number of aromatic nitrogens is 2. The number of pyridine rings is 2. The third-order valence-corrected chi connectivity index (χ3v) is 5.64. The van der Waals surface area contributed by atoms with Crippen molar-refractivity contribution in [2.75, 3.05) is 7.11 Å². The molecule has 0 aliphatic rings. The number of benzene rings is 2. The van der Waals surface area contributed by atoms with Crippen LogP contribution < -0.4 is 4.74 Å². The van der Waals surface area contributed by atoms with Gasteiger partial charge in [-0.2, -0.15) is 0 Å². The minimum absolute atomic E-state index is 0.0492. The Morgan fingerprint density at radius 2 is 1.30 bits per heavy atom. The van der Waals surface area contributed by atoms with E-state index >= 15 is 0 Å². The zero-order chi connectivity index (χ0) is 21.7. The maximum atomic E-state index is 5.92. The first kappa shape index (κ1) is 20.3. The molecular formula is C27H30N2O. The van der Waals surface area contributed by atoms with Crippen LogP contribution in [0.5, 0.6) is 5.75 Å². The zero-order valence-corrected chi connectivity index (χ0v) is 19.0. The summed E-state index contributed by atoms with van der Waals surface area (Å²) in [6.45, 7) is 13.4. The lowest BCUT2D eigenvalue weighted by Gasteiger charge is -2.30. The van der Waals surface area contributed by atoms with Gasteiger partial charge in [0.2, 0.25) is 0 Å². The van der Waals surface area contributed by atoms with Crippen LogP contribution in [0.25, 0.3) is 33.1 Å². The van der Waals surface area contributed by atoms with Crippen molar-refractivity contribution in [1.29, 1.82) is 0 Å². The number of nitrogens with zero attached hydrogens (tertiary/aromatic N) is 2. The molecule has 0 saturated heterocycles. The SMILES string of the molecule is COc1c(C(C)(C)C)cc(-c2ccc3ccc4cccnc4c3n2)cc1C(C)(C)C. The first-order valence-electron chi connectivity index (χ1n) is 10.5. The number of ether oxygens (including phenoxy) is 1. The van der Waals surface area contributed by atoms with Gasteiger partial charge in [-0.15, -0.1) is 0 Å². The molecule has 0 saturated carbocycles. The molecule has 154 valence electrons. The maximum absolute atomic E-state index is 5.92. The van der Waals surface area contributed by atoms with E-state index in [-0.39, 0.29) is 10.8 Å². The predicted octanol–water partition coefficient (Wildman–Crippen LogP) is 7.05. The minimum Gasteiger partial charge on any atom is -0.496 e. The van der Waals surface area contributed by atoms with Crippen molar-refractivity contribution in [3.8, 4) is 17.0 Å². The molecule has 3 nitrogen and oxygen atoms in total. The number of rotatable bonds is 2. The van der Waals surface area contributed by atoms with Gasteiger partial charge in [-0.05, 0) is 35.1 Å². The van der Waals surface area contributed by atoms with Crippen molar-refractivity contribution in [2.45, 2.75) is 52.4 Å². The van der Waals surface area contributed by atoms with Crippen LogP contribution in [-0.4, -0.2) is 17.1 Å². The second-order valence-electron chi connectivity index (χ2n) is 10.0. The molecule has 0 atom stereocenters. The molecule has 0 spiro atoms. The summed E-state index contributed by atoms with van der Waals surface area (Å²) in [5, 5.41) is 2.21. The molecule has 0 bridgehead atoms. The highest BCUT2D eigenvalue weighted by molar-refractivity contribution is 6.03. The van der Waals surface area contributed by atoms with E-state index in [2.05, 4.69) is 89.0 Å². The molecular weight excluding hydrogens is 368 g/mol. The molecule has 0 radical (unpaired) electrons. The monoisotopic (exact) mass is 398 g/mol. The smallest absolute Gasteiger partial charge is 0.126 e. The Bertz CT molecular complexity index is 1210. The Balaban J connectivity index is 2.02. The van der Waals surface area contributed by atoms with E-state index in [1.54, 1.807) is 7.11 Å². The van der Waals surface area contributed by atoms with Gasteiger partial charge in [0.15, 0.2) is 0 Å². The van der Waals surface area contributed by atoms with Gasteiger partial charge in [0.25, 0.3) is 0 Å². The molecule has 0 aliphatic heterocycles. The van der Waals surface area contributed by atoms with Gasteiger partial charge in [-0.1, -0.05) is 65.8 Å². The van der Waals surface area contributed by atoms with Crippen LogP contribution >= 0.6 is 0 Å². The summed E-state index contributed by atoms with van der Waals surface area (Å²) in [6.07, 6.45) is 1.83. The van der Waals surface area contributed by atoms with E-state index in [1.165, 1.54) is 11.1 Å². The summed E-state index contributed by atoms with van der Waals surface area (Å²) in [6, 6.07) is 17.0. The normalized spacial score (nSPS) is 12.5. The molecule has 0 fully saturated rings. The lowest BCUT2D eigenvalue weighted by atomic mass is 9.78. The van der Waals surface area contributed by atoms with Crippen LogP contribution in [0.4, 0.5) is 0 Å². The Labute approximate surface area is 179 Å². The number of hydrogen-bond acceptors (Lipinski definition) is 3. The standard InChI is InChI=1S/C27H30N2O/c1-26(2,3)20-15-19(16-21(25(20)30-7)27(4,5)6)22-13-12-18-11-10-17-9-8-14-28-23(17)24(18)29-22/h8-16H,1-7H3. The molecule has 2 heterocycles. The van der Waals surface area contributed by atoms with Gasteiger partial charge in [-0.3, -0.25) is 4.98 Å². The summed E-state index contributed by atoms with van der Waals surface area (Å²) in [5.41, 5.74) is 6.25. The highest BCUT2D eigenvalue weighted by Crippen LogP contribution is 2.42. The Morgan fingerprint density at radius 1 is 0.733 bits per heavy atom. The van der Waals surface area contributed by atoms with Crippen molar-refractivity contribution in [3.63, 3.8) is 0 Å². The molecule has 3 heteroatoms. The van der Waals surface area contributed by atoms with Crippen molar-refractivity contribution in [3.05, 3.63) is 65.9 Å². The second-order valence-corrected chi connectivity index (χ2v) is 10.0. The number of hydrogen-bond donors (Lipinski definition) is 0. The summed E-state index contributed by atoms with van der Waals surface area (Å²) < 4.78 is 5.92. The van der Waals surface area contributed by atoms with Gasteiger partial charge in [-0.25, -0.2) is 4.98 Å². The van der Waals surface area contributed by atoms with Gasteiger partial charge in [0.1, 0.15) is 5.75 Å². The van der Waals surface area contributed by atoms with Crippen molar-refractivity contribution in [1.82, 2.24) is 9.97 Å². The highest BCUT2D eigenvalue weighted by atomic mass is 16.5. The van der Waals surface area contributed by atoms with E-state index in [9.17, 15) is 0 Å². The second kappa shape index (κ2) is 7.09. The summed E-state index contributed by atoms with van der Waals surface area (Å²) >= 11 is 0. The lowest BCUT2D eigenvalue weighted by molar-refractivity contribution is 0.381. The molecule has 0 amide bonds. The van der Waals surface area contributed by atoms with Crippen LogP contribution in [0, 0.1) is 0 Å². The average molecular weight is 399 g/mol. The molecule has 4 rings (SSSR count). The summed E-state index contributed by atoms with van der Waals surface area (Å²) in [4.78, 5) is 9.67. The van der Waals surface area contributed by atoms with Crippen LogP contribution in [0.1, 0.15) is 52.7 Å². The van der Waals surface area contributed by atoms with E-state index in [0.29, 0.717) is 0 Å².